The molecule has 1 aromatic carbocycles. The number of sulfonamides is 1. The molecule has 0 aromatic heterocycles. The molecule has 0 unspecified atom stereocenters. The molecule has 164 valence electrons. The third kappa shape index (κ3) is 3.63. The number of ether oxygens (including phenoxy) is 1. The van der Waals surface area contributed by atoms with Gasteiger partial charge >= 0.3 is 6.03 Å². The molecule has 0 atom stereocenters. The SMILES string of the molecule is O=C1N(CC2CC2)CC2(CCOCC2)N1C1CCN(S(=O)(=O)c2ccccc2)CC1. The molecule has 1 aliphatic carbocycles. The van der Waals surface area contributed by atoms with Crippen LogP contribution in [0.1, 0.15) is 38.5 Å². The summed E-state index contributed by atoms with van der Waals surface area (Å²) in [7, 11) is -3.47. The Hall–Kier alpha value is -1.64. The second-order valence-corrected chi connectivity index (χ2v) is 11.2. The van der Waals surface area contributed by atoms with Crippen molar-refractivity contribution in [3.63, 3.8) is 0 Å². The number of benzene rings is 1. The van der Waals surface area contributed by atoms with Gasteiger partial charge in [0.1, 0.15) is 0 Å². The number of carbonyl (C=O) groups is 1. The molecule has 7 nitrogen and oxygen atoms in total. The largest absolute Gasteiger partial charge is 0.381 e. The Balaban J connectivity index is 1.32. The van der Waals surface area contributed by atoms with Gasteiger partial charge < -0.3 is 14.5 Å². The first-order chi connectivity index (χ1) is 14.5. The number of hydrogen-bond donors (Lipinski definition) is 0. The molecule has 0 radical (unpaired) electrons. The average molecular weight is 434 g/mol. The molecule has 3 aliphatic heterocycles. The van der Waals surface area contributed by atoms with Crippen molar-refractivity contribution in [2.45, 2.75) is 55.0 Å². The van der Waals surface area contributed by atoms with Crippen molar-refractivity contribution in [3.05, 3.63) is 30.3 Å². The van der Waals surface area contributed by atoms with Crippen molar-refractivity contribution in [1.82, 2.24) is 14.1 Å². The van der Waals surface area contributed by atoms with Crippen LogP contribution in [0.15, 0.2) is 35.2 Å². The molecule has 0 bridgehead atoms. The van der Waals surface area contributed by atoms with Gasteiger partial charge in [0, 0.05) is 45.4 Å². The minimum atomic E-state index is -3.47. The third-order valence-corrected chi connectivity index (χ3v) is 9.15. The van der Waals surface area contributed by atoms with Gasteiger partial charge in [-0.3, -0.25) is 0 Å². The van der Waals surface area contributed by atoms with E-state index in [1.165, 1.54) is 12.8 Å². The van der Waals surface area contributed by atoms with Crippen LogP contribution in [0.3, 0.4) is 0 Å². The highest BCUT2D eigenvalue weighted by atomic mass is 32.2. The lowest BCUT2D eigenvalue weighted by Gasteiger charge is -2.46. The predicted octanol–water partition coefficient (Wildman–Crippen LogP) is 2.54. The van der Waals surface area contributed by atoms with Gasteiger partial charge in [-0.05, 0) is 56.6 Å². The zero-order valence-corrected chi connectivity index (χ0v) is 18.2. The van der Waals surface area contributed by atoms with Crippen molar-refractivity contribution in [2.24, 2.45) is 5.92 Å². The molecule has 3 heterocycles. The van der Waals surface area contributed by atoms with Crippen molar-refractivity contribution in [2.75, 3.05) is 39.4 Å². The fourth-order valence-electron chi connectivity index (χ4n) is 5.39. The topological polar surface area (TPSA) is 70.2 Å². The van der Waals surface area contributed by atoms with Gasteiger partial charge in [0.25, 0.3) is 0 Å². The summed E-state index contributed by atoms with van der Waals surface area (Å²) in [5.41, 5.74) is -0.143. The average Bonchev–Trinajstić information content (AvgIpc) is 3.55. The van der Waals surface area contributed by atoms with E-state index in [1.807, 2.05) is 6.07 Å². The van der Waals surface area contributed by atoms with Crippen molar-refractivity contribution in [1.29, 1.82) is 0 Å². The van der Waals surface area contributed by atoms with Gasteiger partial charge in [-0.1, -0.05) is 18.2 Å². The van der Waals surface area contributed by atoms with Gasteiger partial charge in [-0.2, -0.15) is 4.31 Å². The lowest BCUT2D eigenvalue weighted by atomic mass is 9.86. The van der Waals surface area contributed by atoms with Crippen LogP contribution < -0.4 is 0 Å². The van der Waals surface area contributed by atoms with E-state index < -0.39 is 10.0 Å². The molecule has 1 spiro atoms. The van der Waals surface area contributed by atoms with Crippen LogP contribution in [0.25, 0.3) is 0 Å². The zero-order valence-electron chi connectivity index (χ0n) is 17.4. The molecule has 4 aliphatic rings. The van der Waals surface area contributed by atoms with Gasteiger partial charge in [-0.15, -0.1) is 0 Å². The molecule has 3 saturated heterocycles. The zero-order chi connectivity index (χ0) is 20.8. The van der Waals surface area contributed by atoms with E-state index in [9.17, 15) is 13.2 Å². The lowest BCUT2D eigenvalue weighted by molar-refractivity contribution is -0.0131. The van der Waals surface area contributed by atoms with Gasteiger partial charge in [0.15, 0.2) is 0 Å². The summed E-state index contributed by atoms with van der Waals surface area (Å²) in [4.78, 5) is 18.0. The van der Waals surface area contributed by atoms with Gasteiger partial charge in [0.2, 0.25) is 10.0 Å². The van der Waals surface area contributed by atoms with E-state index in [-0.39, 0.29) is 17.6 Å². The predicted molar refractivity (Wildman–Crippen MR) is 113 cm³/mol. The molecule has 5 rings (SSSR count). The van der Waals surface area contributed by atoms with Crippen LogP contribution in [0.2, 0.25) is 0 Å². The van der Waals surface area contributed by atoms with E-state index in [2.05, 4.69) is 9.80 Å². The molecular formula is C22H31N3O4S. The molecule has 1 saturated carbocycles. The maximum atomic E-state index is 13.4. The molecule has 8 heteroatoms. The molecule has 2 amide bonds. The van der Waals surface area contributed by atoms with Crippen molar-refractivity contribution in [3.8, 4) is 0 Å². The number of amides is 2. The Labute approximate surface area is 179 Å². The highest BCUT2D eigenvalue weighted by Crippen LogP contribution is 2.41. The minimum absolute atomic E-state index is 0.0991. The number of carbonyl (C=O) groups excluding carboxylic acids is 1. The fourth-order valence-corrected chi connectivity index (χ4v) is 6.88. The smallest absolute Gasteiger partial charge is 0.320 e. The number of nitrogens with zero attached hydrogens (tertiary/aromatic N) is 3. The minimum Gasteiger partial charge on any atom is -0.381 e. The molecule has 1 aromatic rings. The van der Waals surface area contributed by atoms with E-state index >= 15 is 0 Å². The normalized spacial score (nSPS) is 25.9. The monoisotopic (exact) mass is 433 g/mol. The van der Waals surface area contributed by atoms with E-state index in [0.29, 0.717) is 50.0 Å². The number of piperidine rings is 1. The second-order valence-electron chi connectivity index (χ2n) is 9.26. The van der Waals surface area contributed by atoms with E-state index in [1.54, 1.807) is 28.6 Å². The van der Waals surface area contributed by atoms with E-state index in [4.69, 9.17) is 4.74 Å². The van der Waals surface area contributed by atoms with Crippen molar-refractivity contribution < 1.29 is 17.9 Å². The van der Waals surface area contributed by atoms with Crippen LogP contribution in [0.4, 0.5) is 4.79 Å². The van der Waals surface area contributed by atoms with Crippen LogP contribution >= 0.6 is 0 Å². The molecule has 30 heavy (non-hydrogen) atoms. The summed E-state index contributed by atoms with van der Waals surface area (Å²) < 4.78 is 33.2. The van der Waals surface area contributed by atoms with Crippen LogP contribution in [0.5, 0.6) is 0 Å². The summed E-state index contributed by atoms with van der Waals surface area (Å²) in [6.45, 7) is 3.99. The van der Waals surface area contributed by atoms with Crippen LogP contribution in [-0.2, 0) is 14.8 Å². The summed E-state index contributed by atoms with van der Waals surface area (Å²) in [6.07, 6.45) is 5.60. The number of urea groups is 1. The Kier molecular flexibility index (Phi) is 5.27. The third-order valence-electron chi connectivity index (χ3n) is 7.24. The highest BCUT2D eigenvalue weighted by Gasteiger charge is 2.53. The Morgan fingerprint density at radius 3 is 2.30 bits per heavy atom. The quantitative estimate of drug-likeness (QED) is 0.716. The Bertz CT molecular complexity index is 873. The summed E-state index contributed by atoms with van der Waals surface area (Å²) >= 11 is 0. The summed E-state index contributed by atoms with van der Waals surface area (Å²) in [5, 5.41) is 0. The first kappa shape index (κ1) is 20.3. The molecule has 0 N–H and O–H groups in total. The van der Waals surface area contributed by atoms with Crippen LogP contribution in [-0.4, -0.2) is 79.5 Å². The maximum absolute atomic E-state index is 13.4. The number of hydrogen-bond acceptors (Lipinski definition) is 4. The van der Waals surface area contributed by atoms with Crippen molar-refractivity contribution >= 4 is 16.1 Å². The Morgan fingerprint density at radius 1 is 1.00 bits per heavy atom. The van der Waals surface area contributed by atoms with Gasteiger partial charge in [-0.25, -0.2) is 13.2 Å². The first-order valence-corrected chi connectivity index (χ1v) is 12.6. The molecule has 4 fully saturated rings. The van der Waals surface area contributed by atoms with E-state index in [0.717, 1.165) is 25.9 Å². The highest BCUT2D eigenvalue weighted by molar-refractivity contribution is 7.89. The van der Waals surface area contributed by atoms with Crippen LogP contribution in [0, 0.1) is 5.92 Å². The maximum Gasteiger partial charge on any atom is 0.320 e. The fraction of sp³-hybridized carbons (Fsp3) is 0.682. The molecular weight excluding hydrogens is 402 g/mol. The summed E-state index contributed by atoms with van der Waals surface area (Å²) in [5.74, 6) is 0.670. The lowest BCUT2D eigenvalue weighted by Crippen LogP contribution is -2.57. The first-order valence-electron chi connectivity index (χ1n) is 11.2. The summed E-state index contributed by atoms with van der Waals surface area (Å²) in [6, 6.07) is 8.90. The number of rotatable bonds is 5. The Morgan fingerprint density at radius 2 is 1.67 bits per heavy atom. The standard InChI is InChI=1S/C22H31N3O4S/c26-21-23(16-18-6-7-18)17-22(10-14-29-15-11-22)25(21)19-8-12-24(13-9-19)30(27,28)20-4-2-1-3-5-20/h1-5,18-19H,6-17H2. The van der Waals surface area contributed by atoms with Gasteiger partial charge in [0.05, 0.1) is 10.4 Å². The second kappa shape index (κ2) is 7.80.